The van der Waals surface area contributed by atoms with Gasteiger partial charge < -0.3 is 9.47 Å². The monoisotopic (exact) mass is 628 g/mol. The number of benzene rings is 7. The molecule has 8 rings (SSSR count). The lowest BCUT2D eigenvalue weighted by Gasteiger charge is -2.27. The number of aromatic nitrogens is 1. The van der Waals surface area contributed by atoms with Gasteiger partial charge in [0, 0.05) is 33.4 Å². The van der Waals surface area contributed by atoms with Gasteiger partial charge in [-0.15, -0.1) is 0 Å². The fraction of sp³-hybridized carbons (Fsp3) is 0.0213. The molecule has 0 atom stereocenters. The molecule has 2 heteroatoms. The molecule has 49 heavy (non-hydrogen) atoms. The summed E-state index contributed by atoms with van der Waals surface area (Å²) in [6.07, 6.45) is 6.24. The van der Waals surface area contributed by atoms with E-state index < -0.39 is 0 Å². The fourth-order valence-corrected chi connectivity index (χ4v) is 6.97. The van der Waals surface area contributed by atoms with Crippen molar-refractivity contribution in [2.45, 2.75) is 6.92 Å². The second-order valence-electron chi connectivity index (χ2n) is 12.2. The molecule has 0 bridgehead atoms. The summed E-state index contributed by atoms with van der Waals surface area (Å²) in [5.41, 5.74) is 12.7. The summed E-state index contributed by atoms with van der Waals surface area (Å²) in [7, 11) is 0. The normalized spacial score (nSPS) is 11.4. The number of para-hydroxylation sites is 2. The smallest absolute Gasteiger partial charge is 0.0541 e. The molecule has 0 radical (unpaired) electrons. The highest BCUT2D eigenvalue weighted by molar-refractivity contribution is 5.99. The third-order valence-electron chi connectivity index (χ3n) is 9.29. The topological polar surface area (TPSA) is 8.17 Å². The van der Waals surface area contributed by atoms with E-state index in [9.17, 15) is 0 Å². The Labute approximate surface area is 288 Å². The third kappa shape index (κ3) is 5.54. The van der Waals surface area contributed by atoms with E-state index in [1.807, 2.05) is 6.08 Å². The first-order valence-electron chi connectivity index (χ1n) is 16.8. The fourth-order valence-electron chi connectivity index (χ4n) is 6.97. The van der Waals surface area contributed by atoms with E-state index in [0.29, 0.717) is 0 Å². The number of hydrogen-bond donors (Lipinski definition) is 0. The summed E-state index contributed by atoms with van der Waals surface area (Å²) >= 11 is 0. The average Bonchev–Trinajstić information content (AvgIpc) is 3.48. The molecule has 8 aromatic rings. The van der Waals surface area contributed by atoms with Crippen LogP contribution in [-0.4, -0.2) is 4.57 Å². The highest BCUT2D eigenvalue weighted by atomic mass is 15.1. The molecular weight excluding hydrogens is 593 g/mol. The lowest BCUT2D eigenvalue weighted by Crippen LogP contribution is -2.10. The van der Waals surface area contributed by atoms with E-state index in [1.54, 1.807) is 0 Å². The summed E-state index contributed by atoms with van der Waals surface area (Å²) in [4.78, 5) is 2.34. The summed E-state index contributed by atoms with van der Waals surface area (Å²) in [5.74, 6) is 0. The van der Waals surface area contributed by atoms with Gasteiger partial charge in [-0.3, -0.25) is 0 Å². The molecule has 1 aromatic heterocycles. The zero-order valence-corrected chi connectivity index (χ0v) is 27.5. The van der Waals surface area contributed by atoms with Crippen LogP contribution in [0.1, 0.15) is 18.2 Å². The van der Waals surface area contributed by atoms with Crippen molar-refractivity contribution in [1.29, 1.82) is 0 Å². The Morgan fingerprint density at radius 1 is 0.531 bits per heavy atom. The lowest BCUT2D eigenvalue weighted by molar-refractivity contribution is 1.10. The number of fused-ring (bicyclic) bond motifs is 2. The van der Waals surface area contributed by atoms with Crippen molar-refractivity contribution in [3.05, 3.63) is 194 Å². The molecule has 0 aliphatic heterocycles. The zero-order chi connectivity index (χ0) is 33.2. The Morgan fingerprint density at radius 2 is 1.10 bits per heavy atom. The third-order valence-corrected chi connectivity index (χ3v) is 9.29. The summed E-state index contributed by atoms with van der Waals surface area (Å²) in [6, 6.07) is 60.8. The van der Waals surface area contributed by atoms with E-state index in [0.717, 1.165) is 34.0 Å². The standard InChI is InChI=1S/C47H36N2/c1-3-14-45-42(4-2)44-33-38(29-32-47(44)49(45)40-19-9-6-10-20-40)36-25-23-34(24-26-36)35-27-30-41(31-28-35)48(39-17-7-5-8-18-39)46-22-13-16-37-15-11-12-21-43(37)46/h3-33H,2H2,1H3/b14-3-. The molecule has 0 fully saturated rings. The van der Waals surface area contributed by atoms with Crippen LogP contribution in [0.4, 0.5) is 17.1 Å². The minimum Gasteiger partial charge on any atom is -0.310 e. The van der Waals surface area contributed by atoms with Crippen molar-refractivity contribution < 1.29 is 0 Å². The minimum atomic E-state index is 1.12. The molecule has 0 unspecified atom stereocenters. The molecule has 0 N–H and O–H groups in total. The molecule has 0 aliphatic carbocycles. The van der Waals surface area contributed by atoms with Gasteiger partial charge >= 0.3 is 0 Å². The van der Waals surface area contributed by atoms with Crippen LogP contribution in [0.2, 0.25) is 0 Å². The van der Waals surface area contributed by atoms with Gasteiger partial charge in [-0.25, -0.2) is 0 Å². The summed E-state index contributed by atoms with van der Waals surface area (Å²) in [5, 5.41) is 3.64. The van der Waals surface area contributed by atoms with Crippen molar-refractivity contribution in [2.75, 3.05) is 4.90 Å². The maximum absolute atomic E-state index is 4.19. The van der Waals surface area contributed by atoms with Crippen LogP contribution >= 0.6 is 0 Å². The number of rotatable bonds is 8. The van der Waals surface area contributed by atoms with Gasteiger partial charge in [0.1, 0.15) is 0 Å². The minimum absolute atomic E-state index is 1.12. The van der Waals surface area contributed by atoms with Gasteiger partial charge in [-0.2, -0.15) is 0 Å². The zero-order valence-electron chi connectivity index (χ0n) is 27.5. The number of nitrogens with zero attached hydrogens (tertiary/aromatic N) is 2. The molecule has 7 aromatic carbocycles. The van der Waals surface area contributed by atoms with Crippen LogP contribution in [0.5, 0.6) is 0 Å². The molecule has 1 heterocycles. The largest absolute Gasteiger partial charge is 0.310 e. The van der Waals surface area contributed by atoms with E-state index >= 15 is 0 Å². The van der Waals surface area contributed by atoms with E-state index in [-0.39, 0.29) is 0 Å². The molecule has 234 valence electrons. The first kappa shape index (κ1) is 30.0. The SMILES string of the molecule is C=Cc1c(/C=C\C)n(-c2ccccc2)c2ccc(-c3ccc(-c4ccc(N(c5ccccc5)c5cccc6ccccc56)cc4)cc3)cc12. The van der Waals surface area contributed by atoms with Crippen LogP contribution in [0.25, 0.3) is 61.8 Å². The quantitative estimate of drug-likeness (QED) is 0.163. The molecule has 0 saturated carbocycles. The van der Waals surface area contributed by atoms with Crippen LogP contribution in [0, 0.1) is 0 Å². The van der Waals surface area contributed by atoms with Gasteiger partial charge in [0.25, 0.3) is 0 Å². The number of allylic oxidation sites excluding steroid dienone is 1. The highest BCUT2D eigenvalue weighted by Crippen LogP contribution is 2.40. The number of hydrogen-bond acceptors (Lipinski definition) is 1. The Hall–Kier alpha value is -6.38. The number of anilines is 3. The second kappa shape index (κ2) is 13.0. The van der Waals surface area contributed by atoms with Crippen molar-refractivity contribution in [3.63, 3.8) is 0 Å². The van der Waals surface area contributed by atoms with Crippen LogP contribution in [0.15, 0.2) is 183 Å². The molecule has 0 aliphatic rings. The van der Waals surface area contributed by atoms with E-state index in [1.165, 1.54) is 43.9 Å². The van der Waals surface area contributed by atoms with Gasteiger partial charge in [0.15, 0.2) is 0 Å². The predicted octanol–water partition coefficient (Wildman–Crippen LogP) is 13.3. The van der Waals surface area contributed by atoms with E-state index in [2.05, 4.69) is 205 Å². The molecule has 0 amide bonds. The Morgan fingerprint density at radius 3 is 1.80 bits per heavy atom. The van der Waals surface area contributed by atoms with E-state index in [4.69, 9.17) is 0 Å². The lowest BCUT2D eigenvalue weighted by atomic mass is 9.98. The average molecular weight is 629 g/mol. The van der Waals surface area contributed by atoms with Crippen molar-refractivity contribution in [1.82, 2.24) is 4.57 Å². The molecule has 0 spiro atoms. The molecule has 2 nitrogen and oxygen atoms in total. The summed E-state index contributed by atoms with van der Waals surface area (Å²) < 4.78 is 2.32. The first-order chi connectivity index (χ1) is 24.2. The Kier molecular flexibility index (Phi) is 7.97. The highest BCUT2D eigenvalue weighted by Gasteiger charge is 2.17. The van der Waals surface area contributed by atoms with Crippen molar-refractivity contribution >= 4 is 50.9 Å². The van der Waals surface area contributed by atoms with Gasteiger partial charge in [-0.05, 0) is 95.2 Å². The van der Waals surface area contributed by atoms with Crippen LogP contribution in [0.3, 0.4) is 0 Å². The molecular formula is C47H36N2. The van der Waals surface area contributed by atoms with Crippen molar-refractivity contribution in [3.8, 4) is 27.9 Å². The van der Waals surface area contributed by atoms with Gasteiger partial charge in [0.2, 0.25) is 0 Å². The molecule has 0 saturated heterocycles. The first-order valence-corrected chi connectivity index (χ1v) is 16.8. The van der Waals surface area contributed by atoms with Gasteiger partial charge in [0.05, 0.1) is 16.9 Å². The van der Waals surface area contributed by atoms with Crippen LogP contribution < -0.4 is 4.90 Å². The van der Waals surface area contributed by atoms with Crippen molar-refractivity contribution in [2.24, 2.45) is 0 Å². The van der Waals surface area contributed by atoms with Crippen LogP contribution in [-0.2, 0) is 0 Å². The summed E-state index contributed by atoms with van der Waals surface area (Å²) in [6.45, 7) is 6.25. The Balaban J connectivity index is 1.13. The predicted molar refractivity (Wildman–Crippen MR) is 211 cm³/mol. The maximum Gasteiger partial charge on any atom is 0.0541 e. The van der Waals surface area contributed by atoms with Gasteiger partial charge in [-0.1, -0.05) is 134 Å². The Bertz CT molecular complexity index is 2430. The maximum atomic E-state index is 4.19. The second-order valence-corrected chi connectivity index (χ2v) is 12.2.